The molecule has 7 heteroatoms. The van der Waals surface area contributed by atoms with Gasteiger partial charge < -0.3 is 9.47 Å². The zero-order chi connectivity index (χ0) is 19.1. The van der Waals surface area contributed by atoms with Crippen molar-refractivity contribution in [3.05, 3.63) is 70.2 Å². The number of anilines is 1. The topological polar surface area (TPSA) is 79.5 Å². The first kappa shape index (κ1) is 18.4. The van der Waals surface area contributed by atoms with Crippen molar-refractivity contribution in [2.45, 2.75) is 13.5 Å². The summed E-state index contributed by atoms with van der Waals surface area (Å²) in [6, 6.07) is 15.1. The monoisotopic (exact) mass is 378 g/mol. The zero-order valence-corrected chi connectivity index (χ0v) is 15.8. The minimum absolute atomic E-state index is 0.290. The van der Waals surface area contributed by atoms with E-state index >= 15 is 0 Å². The van der Waals surface area contributed by atoms with Gasteiger partial charge >= 0.3 is 0 Å². The molecule has 0 atom stereocenters. The number of hydrazone groups is 1. The molecule has 0 amide bonds. The third kappa shape index (κ3) is 4.84. The predicted molar refractivity (Wildman–Crippen MR) is 107 cm³/mol. The van der Waals surface area contributed by atoms with Gasteiger partial charge in [0.1, 0.15) is 6.61 Å². The van der Waals surface area contributed by atoms with Gasteiger partial charge in [0.2, 0.25) is 5.13 Å². The number of hydrogen-bond acceptors (Lipinski definition) is 7. The standard InChI is InChI=1S/C20H18N4O2S/c1-14-13-27-20(23-14)24-22-11-15-7-8-18(19(9-15)25-2)26-12-17-6-4-3-5-16(17)10-21/h3-9,11,13H,12H2,1-2H3,(H,23,24). The SMILES string of the molecule is COc1cc(C=NNc2nc(C)cs2)ccc1OCc1ccccc1C#N. The molecule has 0 aliphatic heterocycles. The summed E-state index contributed by atoms with van der Waals surface area (Å²) >= 11 is 1.50. The summed E-state index contributed by atoms with van der Waals surface area (Å²) < 4.78 is 11.3. The van der Waals surface area contributed by atoms with Gasteiger partial charge in [-0.1, -0.05) is 18.2 Å². The van der Waals surface area contributed by atoms with Crippen LogP contribution in [0, 0.1) is 18.3 Å². The molecule has 6 nitrogen and oxygen atoms in total. The highest BCUT2D eigenvalue weighted by atomic mass is 32.1. The molecular formula is C20H18N4O2S. The smallest absolute Gasteiger partial charge is 0.203 e. The molecule has 0 saturated carbocycles. The lowest BCUT2D eigenvalue weighted by atomic mass is 10.1. The molecule has 136 valence electrons. The van der Waals surface area contributed by atoms with Gasteiger partial charge in [0, 0.05) is 10.9 Å². The number of nitrogens with one attached hydrogen (secondary N) is 1. The number of hydrogen-bond donors (Lipinski definition) is 1. The summed E-state index contributed by atoms with van der Waals surface area (Å²) in [6.07, 6.45) is 1.69. The Bertz CT molecular complexity index is 992. The van der Waals surface area contributed by atoms with Crippen LogP contribution in [0.25, 0.3) is 0 Å². The van der Waals surface area contributed by atoms with Crippen LogP contribution in [0.15, 0.2) is 52.9 Å². The number of aryl methyl sites for hydroxylation is 1. The second kappa shape index (κ2) is 8.83. The Hall–Kier alpha value is -3.37. The van der Waals surface area contributed by atoms with Crippen LogP contribution in [0.5, 0.6) is 11.5 Å². The Balaban J connectivity index is 1.67. The highest BCUT2D eigenvalue weighted by molar-refractivity contribution is 7.13. The van der Waals surface area contributed by atoms with Crippen LogP contribution in [-0.4, -0.2) is 18.3 Å². The number of thiazole rings is 1. The summed E-state index contributed by atoms with van der Waals surface area (Å²) in [5.74, 6) is 1.20. The lowest BCUT2D eigenvalue weighted by molar-refractivity contribution is 0.284. The van der Waals surface area contributed by atoms with E-state index in [9.17, 15) is 0 Å². The molecule has 1 aromatic heterocycles. The van der Waals surface area contributed by atoms with Crippen LogP contribution in [0.2, 0.25) is 0 Å². The normalized spacial score (nSPS) is 10.6. The maximum Gasteiger partial charge on any atom is 0.203 e. The van der Waals surface area contributed by atoms with Crippen LogP contribution in [-0.2, 0) is 6.61 Å². The lowest BCUT2D eigenvalue weighted by Crippen LogP contribution is -2.00. The number of nitriles is 1. The van der Waals surface area contributed by atoms with Gasteiger partial charge in [-0.25, -0.2) is 4.98 Å². The second-order valence-electron chi connectivity index (χ2n) is 5.63. The van der Waals surface area contributed by atoms with Gasteiger partial charge in [0.25, 0.3) is 0 Å². The average Bonchev–Trinajstić information content (AvgIpc) is 3.12. The molecular weight excluding hydrogens is 360 g/mol. The first-order valence-electron chi connectivity index (χ1n) is 8.19. The lowest BCUT2D eigenvalue weighted by Gasteiger charge is -2.12. The largest absolute Gasteiger partial charge is 0.493 e. The van der Waals surface area contributed by atoms with E-state index in [1.165, 1.54) is 11.3 Å². The van der Waals surface area contributed by atoms with Crippen molar-refractivity contribution in [2.24, 2.45) is 5.10 Å². The highest BCUT2D eigenvalue weighted by Crippen LogP contribution is 2.28. The number of benzene rings is 2. The van der Waals surface area contributed by atoms with Crippen molar-refractivity contribution in [2.75, 3.05) is 12.5 Å². The average molecular weight is 378 g/mol. The van der Waals surface area contributed by atoms with Crippen molar-refractivity contribution in [1.29, 1.82) is 5.26 Å². The Morgan fingerprint density at radius 2 is 2.11 bits per heavy atom. The minimum atomic E-state index is 0.290. The molecule has 0 saturated heterocycles. The second-order valence-corrected chi connectivity index (χ2v) is 6.49. The molecule has 0 aliphatic carbocycles. The Morgan fingerprint density at radius 3 is 2.85 bits per heavy atom. The number of rotatable bonds is 7. The Kier molecular flexibility index (Phi) is 6.02. The quantitative estimate of drug-likeness (QED) is 0.488. The van der Waals surface area contributed by atoms with Crippen molar-refractivity contribution >= 4 is 22.7 Å². The van der Waals surface area contributed by atoms with E-state index in [1.54, 1.807) is 19.4 Å². The van der Waals surface area contributed by atoms with Gasteiger partial charge in [0.05, 0.1) is 30.7 Å². The fourth-order valence-electron chi connectivity index (χ4n) is 2.36. The summed E-state index contributed by atoms with van der Waals surface area (Å²) in [6.45, 7) is 2.22. The van der Waals surface area contributed by atoms with Gasteiger partial charge in [0.15, 0.2) is 11.5 Å². The van der Waals surface area contributed by atoms with E-state index in [4.69, 9.17) is 14.7 Å². The van der Waals surface area contributed by atoms with E-state index in [0.717, 1.165) is 22.0 Å². The third-order valence-electron chi connectivity index (χ3n) is 3.70. The summed E-state index contributed by atoms with van der Waals surface area (Å²) in [5, 5.41) is 16.0. The van der Waals surface area contributed by atoms with Crippen LogP contribution in [0.4, 0.5) is 5.13 Å². The molecule has 3 aromatic rings. The summed E-state index contributed by atoms with van der Waals surface area (Å²) in [5.41, 5.74) is 6.15. The number of nitrogens with zero attached hydrogens (tertiary/aromatic N) is 3. The van der Waals surface area contributed by atoms with E-state index in [2.05, 4.69) is 21.6 Å². The molecule has 0 aliphatic rings. The molecule has 1 heterocycles. The van der Waals surface area contributed by atoms with E-state index < -0.39 is 0 Å². The predicted octanol–water partition coefficient (Wildman–Crippen LogP) is 4.36. The molecule has 1 N–H and O–H groups in total. The van der Waals surface area contributed by atoms with Crippen molar-refractivity contribution in [3.8, 4) is 17.6 Å². The van der Waals surface area contributed by atoms with E-state index in [1.807, 2.05) is 48.7 Å². The summed E-state index contributed by atoms with van der Waals surface area (Å²) in [7, 11) is 1.59. The molecule has 27 heavy (non-hydrogen) atoms. The van der Waals surface area contributed by atoms with Gasteiger partial charge in [-0.3, -0.25) is 5.43 Å². The number of ether oxygens (including phenoxy) is 2. The fourth-order valence-corrected chi connectivity index (χ4v) is 3.00. The third-order valence-corrected chi connectivity index (χ3v) is 4.57. The van der Waals surface area contributed by atoms with Crippen LogP contribution < -0.4 is 14.9 Å². The van der Waals surface area contributed by atoms with Crippen molar-refractivity contribution in [1.82, 2.24) is 4.98 Å². The van der Waals surface area contributed by atoms with Crippen molar-refractivity contribution in [3.63, 3.8) is 0 Å². The van der Waals surface area contributed by atoms with Gasteiger partial charge in [-0.2, -0.15) is 10.4 Å². The first-order chi connectivity index (χ1) is 13.2. The maximum absolute atomic E-state index is 9.16. The van der Waals surface area contributed by atoms with Gasteiger partial charge in [-0.15, -0.1) is 11.3 Å². The van der Waals surface area contributed by atoms with Crippen molar-refractivity contribution < 1.29 is 9.47 Å². The zero-order valence-electron chi connectivity index (χ0n) is 15.0. The van der Waals surface area contributed by atoms with E-state index in [0.29, 0.717) is 23.7 Å². The molecule has 0 fully saturated rings. The number of aromatic nitrogens is 1. The highest BCUT2D eigenvalue weighted by Gasteiger charge is 2.07. The van der Waals surface area contributed by atoms with Crippen LogP contribution >= 0.6 is 11.3 Å². The fraction of sp³-hybridized carbons (Fsp3) is 0.150. The first-order valence-corrected chi connectivity index (χ1v) is 9.07. The maximum atomic E-state index is 9.16. The number of methoxy groups -OCH3 is 1. The molecule has 0 spiro atoms. The Labute approximate surface area is 161 Å². The van der Waals surface area contributed by atoms with E-state index in [-0.39, 0.29) is 0 Å². The Morgan fingerprint density at radius 1 is 1.26 bits per heavy atom. The van der Waals surface area contributed by atoms with Gasteiger partial charge in [-0.05, 0) is 36.8 Å². The molecule has 2 aromatic carbocycles. The van der Waals surface area contributed by atoms with Crippen LogP contribution in [0.3, 0.4) is 0 Å². The molecule has 3 rings (SSSR count). The minimum Gasteiger partial charge on any atom is -0.493 e. The van der Waals surface area contributed by atoms with Crippen LogP contribution in [0.1, 0.15) is 22.4 Å². The molecule has 0 bridgehead atoms. The molecule has 0 unspecified atom stereocenters. The summed E-state index contributed by atoms with van der Waals surface area (Å²) in [4.78, 5) is 4.28. The molecule has 0 radical (unpaired) electrons.